The Morgan fingerprint density at radius 2 is 2.05 bits per heavy atom. The molecule has 1 aromatic rings. The maximum absolute atomic E-state index is 12.9. The van der Waals surface area contributed by atoms with Crippen LogP contribution >= 0.6 is 0 Å². The van der Waals surface area contributed by atoms with Gasteiger partial charge < -0.3 is 4.74 Å². The van der Waals surface area contributed by atoms with Gasteiger partial charge in [-0.2, -0.15) is 0 Å². The number of ether oxygens (including phenoxy) is 1. The van der Waals surface area contributed by atoms with E-state index < -0.39 is 20.6 Å². The molecule has 1 aliphatic carbocycles. The number of esters is 1. The quantitative estimate of drug-likeness (QED) is 0.597. The summed E-state index contributed by atoms with van der Waals surface area (Å²) >= 11 is 0. The molecule has 4 nitrogen and oxygen atoms in total. The highest BCUT2D eigenvalue weighted by Gasteiger charge is 2.69. The lowest BCUT2D eigenvalue weighted by Crippen LogP contribution is -2.36. The smallest absolute Gasteiger partial charge is 0.328 e. The van der Waals surface area contributed by atoms with Crippen LogP contribution in [0.2, 0.25) is 0 Å². The molecule has 1 fully saturated rings. The minimum Gasteiger partial charge on any atom is -0.465 e. The number of allylic oxidation sites excluding steroid dienone is 3. The van der Waals surface area contributed by atoms with E-state index in [1.807, 2.05) is 6.92 Å². The van der Waals surface area contributed by atoms with Gasteiger partial charge in [0.15, 0.2) is 14.6 Å². The molecule has 0 bridgehead atoms. The highest BCUT2D eigenvalue weighted by atomic mass is 32.2. The van der Waals surface area contributed by atoms with Crippen LogP contribution in [0.4, 0.5) is 0 Å². The number of carbonyl (C=O) groups is 1. The van der Waals surface area contributed by atoms with E-state index in [4.69, 9.17) is 4.74 Å². The van der Waals surface area contributed by atoms with Crippen LogP contribution in [0.25, 0.3) is 0 Å². The summed E-state index contributed by atoms with van der Waals surface area (Å²) in [7, 11) is -3.80. The van der Waals surface area contributed by atoms with Crippen LogP contribution in [-0.4, -0.2) is 25.7 Å². The second kappa shape index (κ2) is 6.08. The van der Waals surface area contributed by atoms with Crippen LogP contribution in [0, 0.1) is 5.92 Å². The van der Waals surface area contributed by atoms with Crippen LogP contribution in [0.3, 0.4) is 0 Å². The second-order valence-corrected chi connectivity index (χ2v) is 7.65. The van der Waals surface area contributed by atoms with E-state index >= 15 is 0 Å². The molecule has 0 spiro atoms. The third-order valence-corrected chi connectivity index (χ3v) is 6.22. The highest BCUT2D eigenvalue weighted by Crippen LogP contribution is 2.54. The van der Waals surface area contributed by atoms with Crippen molar-refractivity contribution in [3.05, 3.63) is 54.6 Å². The summed E-state index contributed by atoms with van der Waals surface area (Å²) in [5, 5.41) is 0. The SMILES string of the molecule is C=C(C)/C=C/C1CC1(C(=O)OCC)S(=O)(=O)c1ccccc1. The Balaban J connectivity index is 2.44. The van der Waals surface area contributed by atoms with Crippen molar-refractivity contribution >= 4 is 15.8 Å². The molecular weight excluding hydrogens is 300 g/mol. The van der Waals surface area contributed by atoms with Gasteiger partial charge in [0.2, 0.25) is 0 Å². The van der Waals surface area contributed by atoms with E-state index in [1.165, 1.54) is 12.1 Å². The number of rotatable bonds is 6. The van der Waals surface area contributed by atoms with E-state index in [0.717, 1.165) is 5.57 Å². The summed E-state index contributed by atoms with van der Waals surface area (Å²) in [6.07, 6.45) is 3.72. The molecule has 0 amide bonds. The molecule has 2 unspecified atom stereocenters. The molecule has 1 aromatic carbocycles. The lowest BCUT2D eigenvalue weighted by molar-refractivity contribution is -0.143. The third-order valence-electron chi connectivity index (χ3n) is 3.73. The molecule has 0 radical (unpaired) electrons. The van der Waals surface area contributed by atoms with Gasteiger partial charge in [0.25, 0.3) is 0 Å². The Hall–Kier alpha value is -1.88. The zero-order valence-corrected chi connectivity index (χ0v) is 13.6. The van der Waals surface area contributed by atoms with Crippen molar-refractivity contribution in [3.63, 3.8) is 0 Å². The fraction of sp³-hybridized carbons (Fsp3) is 0.353. The van der Waals surface area contributed by atoms with E-state index in [-0.39, 0.29) is 23.8 Å². The maximum atomic E-state index is 12.9. The van der Waals surface area contributed by atoms with E-state index in [9.17, 15) is 13.2 Å². The van der Waals surface area contributed by atoms with Gasteiger partial charge in [0.05, 0.1) is 11.5 Å². The Morgan fingerprint density at radius 3 is 2.59 bits per heavy atom. The summed E-state index contributed by atoms with van der Waals surface area (Å²) in [6.45, 7) is 7.39. The molecule has 0 heterocycles. The Labute approximate surface area is 131 Å². The molecular formula is C17H20O4S. The zero-order chi connectivity index (χ0) is 16.4. The third kappa shape index (κ3) is 2.73. The van der Waals surface area contributed by atoms with Crippen molar-refractivity contribution in [2.24, 2.45) is 5.92 Å². The van der Waals surface area contributed by atoms with Gasteiger partial charge in [-0.1, -0.05) is 42.5 Å². The average molecular weight is 320 g/mol. The predicted molar refractivity (Wildman–Crippen MR) is 85.1 cm³/mol. The fourth-order valence-corrected chi connectivity index (χ4v) is 4.58. The van der Waals surface area contributed by atoms with Gasteiger partial charge in [-0.05, 0) is 32.4 Å². The van der Waals surface area contributed by atoms with Gasteiger partial charge >= 0.3 is 5.97 Å². The summed E-state index contributed by atoms with van der Waals surface area (Å²) in [5.74, 6) is -1.05. The largest absolute Gasteiger partial charge is 0.465 e. The normalized spacial score (nSPS) is 24.2. The van der Waals surface area contributed by atoms with Gasteiger partial charge in [0.1, 0.15) is 0 Å². The molecule has 5 heteroatoms. The van der Waals surface area contributed by atoms with E-state index in [0.29, 0.717) is 0 Å². The van der Waals surface area contributed by atoms with Gasteiger partial charge in [-0.15, -0.1) is 0 Å². The molecule has 22 heavy (non-hydrogen) atoms. The number of hydrogen-bond acceptors (Lipinski definition) is 4. The molecule has 2 atom stereocenters. The maximum Gasteiger partial charge on any atom is 0.328 e. The number of hydrogen-bond donors (Lipinski definition) is 0. The van der Waals surface area contributed by atoms with E-state index in [2.05, 4.69) is 6.58 Å². The molecule has 0 aliphatic heterocycles. The first-order valence-corrected chi connectivity index (χ1v) is 8.65. The van der Waals surface area contributed by atoms with E-state index in [1.54, 1.807) is 37.3 Å². The molecule has 1 aliphatic rings. The number of sulfone groups is 1. The number of benzene rings is 1. The van der Waals surface area contributed by atoms with Crippen molar-refractivity contribution in [3.8, 4) is 0 Å². The molecule has 118 valence electrons. The minimum absolute atomic E-state index is 0.147. The predicted octanol–water partition coefficient (Wildman–Crippen LogP) is 2.91. The van der Waals surface area contributed by atoms with Crippen LogP contribution in [0.5, 0.6) is 0 Å². The zero-order valence-electron chi connectivity index (χ0n) is 12.8. The minimum atomic E-state index is -3.80. The molecule has 1 saturated carbocycles. The van der Waals surface area contributed by atoms with Gasteiger partial charge in [-0.3, -0.25) is 4.79 Å². The first-order chi connectivity index (χ1) is 10.4. The average Bonchev–Trinajstić information content (AvgIpc) is 3.23. The van der Waals surface area contributed by atoms with Gasteiger partial charge in [0, 0.05) is 5.92 Å². The molecule has 0 saturated heterocycles. The summed E-state index contributed by atoms with van der Waals surface area (Å²) in [5.41, 5.74) is 0.807. The van der Waals surface area contributed by atoms with Crippen LogP contribution in [-0.2, 0) is 19.4 Å². The van der Waals surface area contributed by atoms with Crippen molar-refractivity contribution in [1.29, 1.82) is 0 Å². The van der Waals surface area contributed by atoms with Crippen molar-refractivity contribution in [2.75, 3.05) is 6.61 Å². The molecule has 2 rings (SSSR count). The molecule has 0 aromatic heterocycles. The summed E-state index contributed by atoms with van der Waals surface area (Å²) in [6, 6.07) is 8.05. The van der Waals surface area contributed by atoms with Crippen LogP contribution < -0.4 is 0 Å². The Kier molecular flexibility index (Phi) is 4.56. The summed E-state index contributed by atoms with van der Waals surface area (Å²) in [4.78, 5) is 12.5. The van der Waals surface area contributed by atoms with Crippen molar-refractivity contribution in [1.82, 2.24) is 0 Å². The lowest BCUT2D eigenvalue weighted by atomic mass is 10.2. The van der Waals surface area contributed by atoms with Crippen LogP contribution in [0.1, 0.15) is 20.3 Å². The van der Waals surface area contributed by atoms with Crippen molar-refractivity contribution < 1.29 is 17.9 Å². The highest BCUT2D eigenvalue weighted by molar-refractivity contribution is 7.94. The summed E-state index contributed by atoms with van der Waals surface area (Å²) < 4.78 is 29.4. The Morgan fingerprint density at radius 1 is 1.41 bits per heavy atom. The Bertz CT molecular complexity index is 703. The monoisotopic (exact) mass is 320 g/mol. The standard InChI is InChI=1S/C17H20O4S/c1-4-21-16(18)17(12-14(17)11-10-13(2)3)22(19,20)15-8-6-5-7-9-15/h5-11,14H,2,4,12H2,1,3H3/b11-10+. The first-order valence-electron chi connectivity index (χ1n) is 7.17. The molecule has 0 N–H and O–H groups in total. The van der Waals surface area contributed by atoms with Crippen molar-refractivity contribution in [2.45, 2.75) is 29.9 Å². The number of carbonyl (C=O) groups excluding carboxylic acids is 1. The van der Waals surface area contributed by atoms with Crippen LogP contribution in [0.15, 0.2) is 59.5 Å². The fourth-order valence-electron chi connectivity index (χ4n) is 2.49. The second-order valence-electron chi connectivity index (χ2n) is 5.44. The lowest BCUT2D eigenvalue weighted by Gasteiger charge is -2.16. The van der Waals surface area contributed by atoms with Gasteiger partial charge in [-0.25, -0.2) is 8.42 Å². The first kappa shape index (κ1) is 16.5. The topological polar surface area (TPSA) is 60.4 Å².